The van der Waals surface area contributed by atoms with E-state index in [1.807, 2.05) is 0 Å². The molecule has 90 valence electrons. The smallest absolute Gasteiger partial charge is 0.159 e. The van der Waals surface area contributed by atoms with Crippen LogP contribution in [0.4, 0.5) is 0 Å². The first kappa shape index (κ1) is 11.4. The standard InChI is InChI=1S/C8H14N4O4/c1-4-6(14)7(15)5(2-13)16-8(4)12-3-9-10-11-12/h3-8,13-15H,2H2,1H3/t4-,5+,6+,7-,8+/m0/s1. The SMILES string of the molecule is C[C@H]1[C@@H](O)[C@@H](O)[C@@H](CO)O[C@H]1n1cnnn1. The molecule has 3 N–H and O–H groups in total. The Balaban J connectivity index is 2.20. The molecule has 8 nitrogen and oxygen atoms in total. The number of nitrogens with zero attached hydrogens (tertiary/aromatic N) is 4. The maximum Gasteiger partial charge on any atom is 0.159 e. The van der Waals surface area contributed by atoms with Crippen LogP contribution in [0.3, 0.4) is 0 Å². The van der Waals surface area contributed by atoms with E-state index in [2.05, 4.69) is 15.5 Å². The lowest BCUT2D eigenvalue weighted by atomic mass is 9.91. The number of hydrogen-bond acceptors (Lipinski definition) is 7. The molecular formula is C8H14N4O4. The minimum absolute atomic E-state index is 0.371. The predicted octanol–water partition coefficient (Wildman–Crippen LogP) is -2.08. The Labute approximate surface area is 91.5 Å². The van der Waals surface area contributed by atoms with Crippen molar-refractivity contribution >= 4 is 0 Å². The number of aromatic nitrogens is 4. The second-order valence-electron chi connectivity index (χ2n) is 3.88. The molecule has 1 aromatic heterocycles. The molecule has 0 unspecified atom stereocenters. The Bertz CT molecular complexity index is 331. The molecule has 5 atom stereocenters. The fourth-order valence-corrected chi connectivity index (χ4v) is 1.82. The van der Waals surface area contributed by atoms with Gasteiger partial charge < -0.3 is 20.1 Å². The van der Waals surface area contributed by atoms with Gasteiger partial charge in [0.25, 0.3) is 0 Å². The third-order valence-corrected chi connectivity index (χ3v) is 2.84. The molecule has 0 spiro atoms. The summed E-state index contributed by atoms with van der Waals surface area (Å²) in [6.07, 6.45) is -2.15. The molecule has 1 aliphatic rings. The Kier molecular flexibility index (Phi) is 3.15. The molecular weight excluding hydrogens is 216 g/mol. The van der Waals surface area contributed by atoms with Crippen LogP contribution in [0.25, 0.3) is 0 Å². The van der Waals surface area contributed by atoms with Crippen molar-refractivity contribution in [2.45, 2.75) is 31.5 Å². The summed E-state index contributed by atoms with van der Waals surface area (Å²) in [6, 6.07) is 0. The first-order valence-corrected chi connectivity index (χ1v) is 5.00. The molecule has 0 radical (unpaired) electrons. The summed E-state index contributed by atoms with van der Waals surface area (Å²) in [5.41, 5.74) is 0. The number of hydrogen-bond donors (Lipinski definition) is 3. The molecule has 2 heterocycles. The average molecular weight is 230 g/mol. The highest BCUT2D eigenvalue weighted by molar-refractivity contribution is 4.87. The summed E-state index contributed by atoms with van der Waals surface area (Å²) in [5, 5.41) is 39.1. The number of rotatable bonds is 2. The van der Waals surface area contributed by atoms with Crippen LogP contribution in [0.2, 0.25) is 0 Å². The molecule has 0 aromatic carbocycles. The summed E-state index contributed by atoms with van der Waals surface area (Å²) in [5.74, 6) is -0.374. The summed E-state index contributed by atoms with van der Waals surface area (Å²) in [6.45, 7) is 1.34. The van der Waals surface area contributed by atoms with E-state index < -0.39 is 24.5 Å². The van der Waals surface area contributed by atoms with Crippen LogP contribution in [-0.2, 0) is 4.74 Å². The van der Waals surface area contributed by atoms with Gasteiger partial charge >= 0.3 is 0 Å². The van der Waals surface area contributed by atoms with E-state index in [-0.39, 0.29) is 12.5 Å². The highest BCUT2D eigenvalue weighted by Crippen LogP contribution is 2.31. The monoisotopic (exact) mass is 230 g/mol. The van der Waals surface area contributed by atoms with Crippen LogP contribution >= 0.6 is 0 Å². The van der Waals surface area contributed by atoms with Gasteiger partial charge in [0, 0.05) is 5.92 Å². The zero-order valence-electron chi connectivity index (χ0n) is 8.71. The van der Waals surface area contributed by atoms with Crippen molar-refractivity contribution in [3.8, 4) is 0 Å². The second kappa shape index (κ2) is 4.42. The van der Waals surface area contributed by atoms with Crippen LogP contribution in [0.5, 0.6) is 0 Å². The second-order valence-corrected chi connectivity index (χ2v) is 3.88. The van der Waals surface area contributed by atoms with Gasteiger partial charge in [0.15, 0.2) is 6.23 Å². The first-order chi connectivity index (χ1) is 7.65. The van der Waals surface area contributed by atoms with Crippen molar-refractivity contribution in [2.24, 2.45) is 5.92 Å². The maximum absolute atomic E-state index is 9.79. The van der Waals surface area contributed by atoms with Crippen LogP contribution in [0.1, 0.15) is 13.2 Å². The van der Waals surface area contributed by atoms with Crippen molar-refractivity contribution in [3.63, 3.8) is 0 Å². The lowest BCUT2D eigenvalue weighted by Crippen LogP contribution is -2.53. The summed E-state index contributed by atoms with van der Waals surface area (Å²) < 4.78 is 6.78. The van der Waals surface area contributed by atoms with Gasteiger partial charge in [-0.05, 0) is 10.4 Å². The molecule has 1 saturated heterocycles. The van der Waals surface area contributed by atoms with Gasteiger partial charge in [0.1, 0.15) is 18.5 Å². The Hall–Kier alpha value is -1.09. The third kappa shape index (κ3) is 1.80. The average Bonchev–Trinajstić information content (AvgIpc) is 2.80. The normalized spacial score (nSPS) is 39.9. The Morgan fingerprint density at radius 3 is 2.69 bits per heavy atom. The fraction of sp³-hybridized carbons (Fsp3) is 0.875. The largest absolute Gasteiger partial charge is 0.394 e. The molecule has 1 fully saturated rings. The van der Waals surface area contributed by atoms with Crippen molar-refractivity contribution in [1.82, 2.24) is 20.2 Å². The van der Waals surface area contributed by atoms with Crippen molar-refractivity contribution < 1.29 is 20.1 Å². The van der Waals surface area contributed by atoms with E-state index in [0.29, 0.717) is 0 Å². The molecule has 8 heteroatoms. The summed E-state index contributed by atoms with van der Waals surface area (Å²) >= 11 is 0. The van der Waals surface area contributed by atoms with Gasteiger partial charge in [-0.3, -0.25) is 0 Å². The minimum atomic E-state index is -1.10. The zero-order valence-corrected chi connectivity index (χ0v) is 8.71. The number of aliphatic hydroxyl groups excluding tert-OH is 3. The Morgan fingerprint density at radius 2 is 2.12 bits per heavy atom. The fourth-order valence-electron chi connectivity index (χ4n) is 1.82. The number of aliphatic hydroxyl groups is 3. The van der Waals surface area contributed by atoms with E-state index in [9.17, 15) is 10.2 Å². The quantitative estimate of drug-likeness (QED) is 0.534. The summed E-state index contributed by atoms with van der Waals surface area (Å²) in [4.78, 5) is 0. The van der Waals surface area contributed by atoms with Crippen molar-refractivity contribution in [3.05, 3.63) is 6.33 Å². The van der Waals surface area contributed by atoms with Crippen LogP contribution in [-0.4, -0.2) is 60.4 Å². The molecule has 1 aliphatic heterocycles. The predicted molar refractivity (Wildman–Crippen MR) is 50.0 cm³/mol. The van der Waals surface area contributed by atoms with Crippen molar-refractivity contribution in [2.75, 3.05) is 6.61 Å². The van der Waals surface area contributed by atoms with Crippen LogP contribution < -0.4 is 0 Å². The van der Waals surface area contributed by atoms with Crippen molar-refractivity contribution in [1.29, 1.82) is 0 Å². The van der Waals surface area contributed by atoms with Crippen LogP contribution in [0, 0.1) is 5.92 Å². The van der Waals surface area contributed by atoms with Gasteiger partial charge in [-0.15, -0.1) is 5.10 Å². The van der Waals surface area contributed by atoms with Gasteiger partial charge in [-0.1, -0.05) is 6.92 Å². The minimum Gasteiger partial charge on any atom is -0.394 e. The number of tetrazole rings is 1. The highest BCUT2D eigenvalue weighted by Gasteiger charge is 2.43. The van der Waals surface area contributed by atoms with E-state index in [4.69, 9.17) is 9.84 Å². The van der Waals surface area contributed by atoms with E-state index in [1.54, 1.807) is 6.92 Å². The highest BCUT2D eigenvalue weighted by atomic mass is 16.5. The Morgan fingerprint density at radius 1 is 1.38 bits per heavy atom. The topological polar surface area (TPSA) is 114 Å². The third-order valence-electron chi connectivity index (χ3n) is 2.84. The molecule has 2 rings (SSSR count). The molecule has 0 bridgehead atoms. The van der Waals surface area contributed by atoms with E-state index in [0.717, 1.165) is 0 Å². The molecule has 0 saturated carbocycles. The van der Waals surface area contributed by atoms with E-state index >= 15 is 0 Å². The molecule has 0 aliphatic carbocycles. The van der Waals surface area contributed by atoms with Gasteiger partial charge in [-0.25, -0.2) is 4.68 Å². The van der Waals surface area contributed by atoms with E-state index in [1.165, 1.54) is 11.0 Å². The number of ether oxygens (including phenoxy) is 1. The van der Waals surface area contributed by atoms with Gasteiger partial charge in [0.05, 0.1) is 12.7 Å². The first-order valence-electron chi connectivity index (χ1n) is 5.00. The molecule has 0 amide bonds. The maximum atomic E-state index is 9.79. The summed E-state index contributed by atoms with van der Waals surface area (Å²) in [7, 11) is 0. The zero-order chi connectivity index (χ0) is 11.7. The molecule has 16 heavy (non-hydrogen) atoms. The van der Waals surface area contributed by atoms with Crippen LogP contribution in [0.15, 0.2) is 6.33 Å². The lowest BCUT2D eigenvalue weighted by Gasteiger charge is -2.40. The van der Waals surface area contributed by atoms with Gasteiger partial charge in [-0.2, -0.15) is 0 Å². The molecule has 1 aromatic rings. The van der Waals surface area contributed by atoms with Gasteiger partial charge in [0.2, 0.25) is 0 Å². The lowest BCUT2D eigenvalue weighted by molar-refractivity contribution is -0.231.